The monoisotopic (exact) mass is 309 g/mol. The molecule has 0 saturated heterocycles. The van der Waals surface area contributed by atoms with Crippen molar-refractivity contribution in [1.82, 2.24) is 5.32 Å². The Morgan fingerprint density at radius 2 is 1.70 bits per heavy atom. The van der Waals surface area contributed by atoms with E-state index in [0.717, 1.165) is 11.7 Å². The Hall–Kier alpha value is -1.80. The lowest BCUT2D eigenvalue weighted by atomic mass is 9.81. The van der Waals surface area contributed by atoms with Gasteiger partial charge in [0.25, 0.3) is 0 Å². The normalized spacial score (nSPS) is 22.5. The van der Waals surface area contributed by atoms with Gasteiger partial charge in [-0.25, -0.2) is 0 Å². The molecular formula is C21H27NO. The van der Waals surface area contributed by atoms with Crippen LogP contribution in [0.4, 0.5) is 0 Å². The molecule has 1 unspecified atom stereocenters. The number of ether oxygens (including phenoxy) is 1. The zero-order valence-corrected chi connectivity index (χ0v) is 14.2. The summed E-state index contributed by atoms with van der Waals surface area (Å²) in [5.74, 6) is 1.67. The lowest BCUT2D eigenvalue weighted by Gasteiger charge is -2.31. The van der Waals surface area contributed by atoms with Crippen LogP contribution in [0.2, 0.25) is 0 Å². The third-order valence-electron chi connectivity index (χ3n) is 5.08. The Morgan fingerprint density at radius 3 is 2.39 bits per heavy atom. The van der Waals surface area contributed by atoms with Gasteiger partial charge in [-0.2, -0.15) is 0 Å². The van der Waals surface area contributed by atoms with Crippen molar-refractivity contribution < 1.29 is 4.74 Å². The molecule has 0 amide bonds. The van der Waals surface area contributed by atoms with E-state index in [1.807, 2.05) is 6.07 Å². The fraction of sp³-hybridized carbons (Fsp3) is 0.429. The van der Waals surface area contributed by atoms with Crippen LogP contribution in [0, 0.1) is 0 Å². The number of hydrogen-bond donors (Lipinski definition) is 1. The summed E-state index contributed by atoms with van der Waals surface area (Å²) in [4.78, 5) is 0. The van der Waals surface area contributed by atoms with Crippen LogP contribution in [-0.2, 0) is 0 Å². The van der Waals surface area contributed by atoms with E-state index in [2.05, 4.69) is 60.8 Å². The molecule has 2 nitrogen and oxygen atoms in total. The number of nitrogens with one attached hydrogen (secondary N) is 1. The van der Waals surface area contributed by atoms with E-state index in [9.17, 15) is 0 Å². The van der Waals surface area contributed by atoms with Crippen LogP contribution in [0.25, 0.3) is 0 Å². The molecule has 2 aromatic carbocycles. The highest BCUT2D eigenvalue weighted by molar-refractivity contribution is 5.30. The largest absolute Gasteiger partial charge is 0.497 e. The van der Waals surface area contributed by atoms with Crippen molar-refractivity contribution >= 4 is 0 Å². The second-order valence-corrected chi connectivity index (χ2v) is 6.62. The average molecular weight is 309 g/mol. The van der Waals surface area contributed by atoms with E-state index in [-0.39, 0.29) is 0 Å². The summed E-state index contributed by atoms with van der Waals surface area (Å²) < 4.78 is 5.33. The second-order valence-electron chi connectivity index (χ2n) is 6.62. The topological polar surface area (TPSA) is 21.3 Å². The van der Waals surface area contributed by atoms with Gasteiger partial charge in [0.2, 0.25) is 0 Å². The first-order valence-corrected chi connectivity index (χ1v) is 8.71. The summed E-state index contributed by atoms with van der Waals surface area (Å²) >= 11 is 0. The lowest BCUT2D eigenvalue weighted by molar-refractivity contribution is 0.321. The summed E-state index contributed by atoms with van der Waals surface area (Å²) in [5, 5.41) is 3.80. The Kier molecular flexibility index (Phi) is 5.35. The fourth-order valence-corrected chi connectivity index (χ4v) is 3.68. The molecule has 0 radical (unpaired) electrons. The fourth-order valence-electron chi connectivity index (χ4n) is 3.68. The molecule has 0 aliphatic heterocycles. The first kappa shape index (κ1) is 16.1. The zero-order chi connectivity index (χ0) is 16.1. The number of benzene rings is 2. The van der Waals surface area contributed by atoms with E-state index in [1.165, 1.54) is 36.8 Å². The molecule has 2 heteroatoms. The molecule has 1 aliphatic rings. The minimum atomic E-state index is 0.364. The van der Waals surface area contributed by atoms with Gasteiger partial charge in [-0.05, 0) is 61.8 Å². The van der Waals surface area contributed by atoms with Crippen molar-refractivity contribution in [2.24, 2.45) is 0 Å². The average Bonchev–Trinajstić information content (AvgIpc) is 2.63. The van der Waals surface area contributed by atoms with Crippen molar-refractivity contribution in [3.63, 3.8) is 0 Å². The lowest BCUT2D eigenvalue weighted by Crippen LogP contribution is -2.34. The van der Waals surface area contributed by atoms with Gasteiger partial charge in [0.05, 0.1) is 7.11 Å². The highest BCUT2D eigenvalue weighted by Crippen LogP contribution is 2.33. The Morgan fingerprint density at radius 1 is 0.957 bits per heavy atom. The third-order valence-corrected chi connectivity index (χ3v) is 5.08. The molecular weight excluding hydrogens is 282 g/mol. The highest BCUT2D eigenvalue weighted by Gasteiger charge is 2.23. The molecule has 0 bridgehead atoms. The van der Waals surface area contributed by atoms with Crippen LogP contribution < -0.4 is 10.1 Å². The second kappa shape index (κ2) is 7.65. The van der Waals surface area contributed by atoms with Gasteiger partial charge in [0, 0.05) is 12.1 Å². The number of hydrogen-bond acceptors (Lipinski definition) is 2. The molecule has 1 saturated carbocycles. The van der Waals surface area contributed by atoms with E-state index in [1.54, 1.807) is 7.11 Å². The maximum Gasteiger partial charge on any atom is 0.119 e. The summed E-state index contributed by atoms with van der Waals surface area (Å²) in [7, 11) is 1.72. The Balaban J connectivity index is 1.54. The van der Waals surface area contributed by atoms with Crippen LogP contribution in [0.3, 0.4) is 0 Å². The maximum absolute atomic E-state index is 5.33. The molecule has 0 heterocycles. The summed E-state index contributed by atoms with van der Waals surface area (Å²) in [5.41, 5.74) is 2.81. The van der Waals surface area contributed by atoms with Crippen molar-refractivity contribution in [2.45, 2.75) is 50.6 Å². The van der Waals surface area contributed by atoms with E-state index < -0.39 is 0 Å². The van der Waals surface area contributed by atoms with Crippen LogP contribution in [0.1, 0.15) is 55.7 Å². The Labute approximate surface area is 139 Å². The first-order valence-electron chi connectivity index (χ1n) is 8.71. The van der Waals surface area contributed by atoms with Gasteiger partial charge in [0.1, 0.15) is 5.75 Å². The number of methoxy groups -OCH3 is 1. The first-order chi connectivity index (χ1) is 11.3. The van der Waals surface area contributed by atoms with Crippen LogP contribution in [0.5, 0.6) is 5.75 Å². The van der Waals surface area contributed by atoms with Crippen molar-refractivity contribution in [2.75, 3.05) is 7.11 Å². The molecule has 3 rings (SSSR count). The molecule has 1 N–H and O–H groups in total. The summed E-state index contributed by atoms with van der Waals surface area (Å²) in [6, 6.07) is 20.3. The molecule has 1 aliphatic carbocycles. The quantitative estimate of drug-likeness (QED) is 0.832. The molecule has 1 fully saturated rings. The molecule has 0 aromatic heterocycles. The minimum absolute atomic E-state index is 0.364. The summed E-state index contributed by atoms with van der Waals surface area (Å²) in [6.45, 7) is 2.25. The van der Waals surface area contributed by atoms with Gasteiger partial charge in [0.15, 0.2) is 0 Å². The molecule has 1 atom stereocenters. The van der Waals surface area contributed by atoms with Crippen molar-refractivity contribution in [3.05, 3.63) is 65.7 Å². The minimum Gasteiger partial charge on any atom is -0.497 e. The molecule has 122 valence electrons. The summed E-state index contributed by atoms with van der Waals surface area (Å²) in [6.07, 6.45) is 5.08. The molecule has 23 heavy (non-hydrogen) atoms. The smallest absolute Gasteiger partial charge is 0.119 e. The van der Waals surface area contributed by atoms with Crippen LogP contribution in [-0.4, -0.2) is 13.2 Å². The van der Waals surface area contributed by atoms with Gasteiger partial charge >= 0.3 is 0 Å². The van der Waals surface area contributed by atoms with Gasteiger partial charge in [-0.15, -0.1) is 0 Å². The standard InChI is InChI=1S/C21H27NO/c1-16(19-9-6-10-21(15-19)23-2)22-20-13-11-18(12-14-20)17-7-4-3-5-8-17/h3-10,15-16,18,20,22H,11-14H2,1-2H3. The predicted molar refractivity (Wildman–Crippen MR) is 96.0 cm³/mol. The van der Waals surface area contributed by atoms with E-state index in [0.29, 0.717) is 12.1 Å². The van der Waals surface area contributed by atoms with Crippen LogP contribution in [0.15, 0.2) is 54.6 Å². The highest BCUT2D eigenvalue weighted by atomic mass is 16.5. The van der Waals surface area contributed by atoms with Gasteiger partial charge in [-0.3, -0.25) is 0 Å². The van der Waals surface area contributed by atoms with Gasteiger partial charge in [-0.1, -0.05) is 42.5 Å². The molecule has 2 aromatic rings. The van der Waals surface area contributed by atoms with E-state index in [4.69, 9.17) is 4.74 Å². The van der Waals surface area contributed by atoms with Crippen molar-refractivity contribution in [1.29, 1.82) is 0 Å². The van der Waals surface area contributed by atoms with Crippen molar-refractivity contribution in [3.8, 4) is 5.75 Å². The third kappa shape index (κ3) is 4.14. The predicted octanol–water partition coefficient (Wildman–Crippen LogP) is 5.07. The Bertz CT molecular complexity index is 602. The van der Waals surface area contributed by atoms with E-state index >= 15 is 0 Å². The SMILES string of the molecule is COc1cccc(C(C)NC2CCC(c3ccccc3)CC2)c1. The van der Waals surface area contributed by atoms with Crippen LogP contribution >= 0.6 is 0 Å². The maximum atomic E-state index is 5.33. The zero-order valence-electron chi connectivity index (χ0n) is 14.2. The molecule has 0 spiro atoms. The number of rotatable bonds is 5. The van der Waals surface area contributed by atoms with Gasteiger partial charge < -0.3 is 10.1 Å².